The zero-order valence-electron chi connectivity index (χ0n) is 14.3. The third-order valence-electron chi connectivity index (χ3n) is 4.01. The minimum atomic E-state index is 0.568. The second-order valence-corrected chi connectivity index (χ2v) is 6.20. The molecule has 0 atom stereocenters. The lowest BCUT2D eigenvalue weighted by Crippen LogP contribution is -2.36. The van der Waals surface area contributed by atoms with Crippen LogP contribution < -0.4 is 10.6 Å². The summed E-state index contributed by atoms with van der Waals surface area (Å²) in [5.74, 6) is 0.568. The van der Waals surface area contributed by atoms with Crippen molar-refractivity contribution in [3.63, 3.8) is 0 Å². The molecular weight excluding hydrogens is 334 g/mol. The van der Waals surface area contributed by atoms with E-state index in [-0.39, 0.29) is 0 Å². The van der Waals surface area contributed by atoms with Gasteiger partial charge in [0.15, 0.2) is 0 Å². The first-order chi connectivity index (χ1) is 12.1. The van der Waals surface area contributed by atoms with E-state index in [4.69, 9.17) is 11.6 Å². The first kappa shape index (κ1) is 17.4. The summed E-state index contributed by atoms with van der Waals surface area (Å²) in [7, 11) is 1.69. The Morgan fingerprint density at radius 2 is 1.92 bits per heavy atom. The van der Waals surface area contributed by atoms with Crippen molar-refractivity contribution in [1.82, 2.24) is 5.06 Å². The van der Waals surface area contributed by atoms with Gasteiger partial charge in [-0.05, 0) is 24.6 Å². The fraction of sp³-hybridized carbons (Fsp3) is 0.200. The summed E-state index contributed by atoms with van der Waals surface area (Å²) in [5, 5.41) is 14.4. The molecule has 0 amide bonds. The van der Waals surface area contributed by atoms with E-state index >= 15 is 0 Å². The molecule has 0 fully saturated rings. The van der Waals surface area contributed by atoms with Crippen molar-refractivity contribution in [3.8, 4) is 0 Å². The van der Waals surface area contributed by atoms with Gasteiger partial charge in [-0.2, -0.15) is 0 Å². The van der Waals surface area contributed by atoms with Crippen molar-refractivity contribution in [3.05, 3.63) is 81.5 Å². The first-order valence-corrected chi connectivity index (χ1v) is 8.62. The molecular formula is C20H20ClN3O. The second-order valence-electron chi connectivity index (χ2n) is 5.77. The molecule has 128 valence electrons. The number of fused-ring (bicyclic) bond motifs is 1. The van der Waals surface area contributed by atoms with Gasteiger partial charge in [0.2, 0.25) is 0 Å². The zero-order chi connectivity index (χ0) is 17.8. The van der Waals surface area contributed by atoms with Crippen molar-refractivity contribution < 1.29 is 5.21 Å². The number of hydroxylamine groups is 2. The Labute approximate surface area is 152 Å². The number of hydrogen-bond donors (Lipinski definition) is 1. The number of nitrogens with zero attached hydrogens (tertiary/aromatic N) is 3. The lowest BCUT2D eigenvalue weighted by molar-refractivity contribution is 0.00515. The molecule has 0 unspecified atom stereocenters. The Kier molecular flexibility index (Phi) is 5.31. The lowest BCUT2D eigenvalue weighted by atomic mass is 10.1. The highest BCUT2D eigenvalue weighted by Gasteiger charge is 2.18. The van der Waals surface area contributed by atoms with Crippen LogP contribution in [0.4, 0.5) is 0 Å². The van der Waals surface area contributed by atoms with Crippen LogP contribution in [0.5, 0.6) is 0 Å². The first-order valence-electron chi connectivity index (χ1n) is 8.24. The fourth-order valence-corrected chi connectivity index (χ4v) is 3.01. The molecule has 1 aliphatic heterocycles. The molecule has 1 aliphatic rings. The van der Waals surface area contributed by atoms with Gasteiger partial charge in [-0.3, -0.25) is 10.2 Å². The van der Waals surface area contributed by atoms with Crippen molar-refractivity contribution >= 4 is 23.1 Å². The van der Waals surface area contributed by atoms with Crippen molar-refractivity contribution in [2.24, 2.45) is 9.98 Å². The molecule has 0 saturated heterocycles. The minimum Gasteiger partial charge on any atom is -0.284 e. The third kappa shape index (κ3) is 3.65. The standard InChI is InChI=1S/C20H20ClN3O/c1-3-7-16-13-19(22-2)23-18-11-10-15(21)12-17(18)20(24(16)25)14-8-5-4-6-9-14/h4-6,8-13,25H,3,7H2,1-2H3/b16-13-,20-17-,22-19?,23-18?. The Morgan fingerprint density at radius 3 is 2.60 bits per heavy atom. The monoisotopic (exact) mass is 353 g/mol. The van der Waals surface area contributed by atoms with E-state index in [1.807, 2.05) is 48.5 Å². The average molecular weight is 354 g/mol. The van der Waals surface area contributed by atoms with Crippen molar-refractivity contribution in [1.29, 1.82) is 0 Å². The van der Waals surface area contributed by atoms with Crippen LogP contribution in [0.15, 0.2) is 70.3 Å². The summed E-state index contributed by atoms with van der Waals surface area (Å²) < 4.78 is 0. The van der Waals surface area contributed by atoms with Crippen LogP contribution in [0, 0.1) is 0 Å². The van der Waals surface area contributed by atoms with Gasteiger partial charge in [0, 0.05) is 28.9 Å². The maximum absolute atomic E-state index is 11.1. The Morgan fingerprint density at radius 1 is 1.16 bits per heavy atom. The molecule has 3 rings (SSSR count). The van der Waals surface area contributed by atoms with Gasteiger partial charge in [0.05, 0.1) is 16.8 Å². The maximum Gasteiger partial charge on any atom is 0.149 e. The molecule has 1 heterocycles. The number of amidine groups is 1. The average Bonchev–Trinajstić information content (AvgIpc) is 2.62. The zero-order valence-corrected chi connectivity index (χ0v) is 15.0. The topological polar surface area (TPSA) is 48.2 Å². The maximum atomic E-state index is 11.1. The van der Waals surface area contributed by atoms with E-state index in [1.165, 1.54) is 5.06 Å². The summed E-state index contributed by atoms with van der Waals surface area (Å²) >= 11 is 6.24. The predicted molar refractivity (Wildman–Crippen MR) is 101 cm³/mol. The summed E-state index contributed by atoms with van der Waals surface area (Å²) in [6.45, 7) is 2.07. The van der Waals surface area contributed by atoms with Crippen LogP contribution in [0.25, 0.3) is 5.70 Å². The van der Waals surface area contributed by atoms with Gasteiger partial charge in [-0.25, -0.2) is 10.1 Å². The van der Waals surface area contributed by atoms with E-state index in [2.05, 4.69) is 16.9 Å². The van der Waals surface area contributed by atoms with Gasteiger partial charge in [-0.1, -0.05) is 55.3 Å². The normalized spacial score (nSPS) is 20.2. The highest BCUT2D eigenvalue weighted by Crippen LogP contribution is 2.22. The molecule has 2 aromatic carbocycles. The molecule has 25 heavy (non-hydrogen) atoms. The molecule has 0 aromatic heterocycles. The molecule has 5 heteroatoms. The number of hydrogen-bond acceptors (Lipinski definition) is 3. The fourth-order valence-electron chi connectivity index (χ4n) is 2.84. The van der Waals surface area contributed by atoms with E-state index in [1.54, 1.807) is 13.1 Å². The molecule has 1 N–H and O–H groups in total. The molecule has 0 bridgehead atoms. The van der Waals surface area contributed by atoms with E-state index in [9.17, 15) is 5.21 Å². The summed E-state index contributed by atoms with van der Waals surface area (Å²) in [6, 6.07) is 15.2. The van der Waals surface area contributed by atoms with Crippen LogP contribution in [-0.4, -0.2) is 23.2 Å². The van der Waals surface area contributed by atoms with Gasteiger partial charge in [-0.15, -0.1) is 0 Å². The smallest absolute Gasteiger partial charge is 0.149 e. The van der Waals surface area contributed by atoms with E-state index < -0.39 is 0 Å². The minimum absolute atomic E-state index is 0.568. The third-order valence-corrected chi connectivity index (χ3v) is 4.25. The van der Waals surface area contributed by atoms with Crippen LogP contribution in [0.2, 0.25) is 5.02 Å². The quantitative estimate of drug-likeness (QED) is 0.917. The Bertz CT molecular complexity index is 949. The number of rotatable bonds is 3. The van der Waals surface area contributed by atoms with Gasteiger partial charge >= 0.3 is 0 Å². The predicted octanol–water partition coefficient (Wildman–Crippen LogP) is 3.53. The van der Waals surface area contributed by atoms with Gasteiger partial charge < -0.3 is 0 Å². The summed E-state index contributed by atoms with van der Waals surface area (Å²) in [5.41, 5.74) is 2.30. The van der Waals surface area contributed by atoms with Crippen molar-refractivity contribution in [2.75, 3.05) is 7.05 Å². The van der Waals surface area contributed by atoms with Crippen LogP contribution >= 0.6 is 11.6 Å². The highest BCUT2D eigenvalue weighted by molar-refractivity contribution is 6.30. The van der Waals surface area contributed by atoms with Crippen LogP contribution in [-0.2, 0) is 0 Å². The number of allylic oxidation sites excluding steroid dienone is 1. The van der Waals surface area contributed by atoms with Gasteiger partial charge in [0.1, 0.15) is 5.84 Å². The largest absolute Gasteiger partial charge is 0.284 e. The summed E-state index contributed by atoms with van der Waals surface area (Å²) in [6.07, 6.45) is 3.42. The Hall–Kier alpha value is -2.43. The summed E-state index contributed by atoms with van der Waals surface area (Å²) in [4.78, 5) is 8.89. The number of benzene rings is 2. The van der Waals surface area contributed by atoms with Crippen molar-refractivity contribution in [2.45, 2.75) is 19.8 Å². The van der Waals surface area contributed by atoms with E-state index in [0.717, 1.165) is 28.3 Å². The molecule has 0 radical (unpaired) electrons. The highest BCUT2D eigenvalue weighted by atomic mass is 35.5. The molecule has 0 spiro atoms. The number of halogens is 1. The van der Waals surface area contributed by atoms with E-state index in [0.29, 0.717) is 23.0 Å². The second kappa shape index (κ2) is 7.64. The lowest BCUT2D eigenvalue weighted by Gasteiger charge is -2.25. The Balaban J connectivity index is 2.43. The SMILES string of the molecule is CCC/C1=C/C(=NC)N=c2ccc(Cl)c/c2=C(\c2ccccc2)N1O. The molecule has 0 saturated carbocycles. The number of aliphatic imine (C=N–C) groups is 1. The molecule has 4 nitrogen and oxygen atoms in total. The molecule has 2 aromatic rings. The molecule has 0 aliphatic carbocycles. The van der Waals surface area contributed by atoms with Crippen LogP contribution in [0.3, 0.4) is 0 Å². The van der Waals surface area contributed by atoms with Gasteiger partial charge in [0.25, 0.3) is 0 Å². The van der Waals surface area contributed by atoms with Crippen LogP contribution in [0.1, 0.15) is 25.3 Å².